The molecule has 0 unspecified atom stereocenters. The van der Waals surface area contributed by atoms with Crippen LogP contribution in [0.3, 0.4) is 0 Å². The number of hydrogen-bond donors (Lipinski definition) is 1. The zero-order chi connectivity index (χ0) is 16.2. The molecule has 0 aliphatic carbocycles. The fourth-order valence-corrected chi connectivity index (χ4v) is 4.78. The number of nitrogens with zero attached hydrogens (tertiary/aromatic N) is 1. The largest absolute Gasteiger partial charge is 0.381 e. The Morgan fingerprint density at radius 3 is 2.55 bits per heavy atom. The van der Waals surface area contributed by atoms with Gasteiger partial charge in [-0.2, -0.15) is 0 Å². The van der Waals surface area contributed by atoms with E-state index in [0.717, 1.165) is 12.0 Å². The Labute approximate surface area is 133 Å². The molecular formula is C16H26N2O3S. The van der Waals surface area contributed by atoms with Gasteiger partial charge in [-0.1, -0.05) is 30.3 Å². The van der Waals surface area contributed by atoms with Crippen LogP contribution in [0.2, 0.25) is 0 Å². The van der Waals surface area contributed by atoms with Crippen molar-refractivity contribution in [2.45, 2.75) is 25.4 Å². The monoisotopic (exact) mass is 326 g/mol. The predicted octanol–water partition coefficient (Wildman–Crippen LogP) is 1.63. The Kier molecular flexibility index (Phi) is 5.97. The first-order valence-corrected chi connectivity index (χ1v) is 9.33. The van der Waals surface area contributed by atoms with Gasteiger partial charge in [0.05, 0.1) is 18.4 Å². The Hall–Kier alpha value is -0.950. The van der Waals surface area contributed by atoms with Gasteiger partial charge in [-0.3, -0.25) is 0 Å². The molecule has 124 valence electrons. The summed E-state index contributed by atoms with van der Waals surface area (Å²) in [7, 11) is 0.624. The van der Waals surface area contributed by atoms with Crippen LogP contribution >= 0.6 is 0 Å². The maximum Gasteiger partial charge on any atom is 0.212 e. The van der Waals surface area contributed by atoms with Crippen molar-refractivity contribution >= 4 is 10.0 Å². The van der Waals surface area contributed by atoms with Crippen molar-refractivity contribution in [1.82, 2.24) is 9.62 Å². The van der Waals surface area contributed by atoms with E-state index in [1.54, 1.807) is 0 Å². The summed E-state index contributed by atoms with van der Waals surface area (Å²) < 4.78 is 32.8. The van der Waals surface area contributed by atoms with Crippen LogP contribution in [0, 0.1) is 5.92 Å². The SMILES string of the molecule is C[C@H](NS(=O)(=O)C[C@H]1CCOC1)[C@H](c1ccccc1)N(C)C. The Balaban J connectivity index is 2.06. The van der Waals surface area contributed by atoms with Crippen molar-refractivity contribution in [3.05, 3.63) is 35.9 Å². The lowest BCUT2D eigenvalue weighted by Gasteiger charge is -2.31. The summed E-state index contributed by atoms with van der Waals surface area (Å²) in [5.74, 6) is 0.256. The molecule has 2 rings (SSSR count). The summed E-state index contributed by atoms with van der Waals surface area (Å²) in [6.07, 6.45) is 0.824. The van der Waals surface area contributed by atoms with Crippen LogP contribution in [0.25, 0.3) is 0 Å². The maximum absolute atomic E-state index is 12.4. The molecule has 0 saturated carbocycles. The van der Waals surface area contributed by atoms with E-state index in [1.165, 1.54) is 0 Å². The first kappa shape index (κ1) is 17.4. The quantitative estimate of drug-likeness (QED) is 0.827. The molecule has 22 heavy (non-hydrogen) atoms. The molecule has 1 aliphatic rings. The van der Waals surface area contributed by atoms with E-state index in [2.05, 4.69) is 4.72 Å². The zero-order valence-electron chi connectivity index (χ0n) is 13.5. The van der Waals surface area contributed by atoms with Gasteiger partial charge in [0, 0.05) is 12.6 Å². The van der Waals surface area contributed by atoms with Gasteiger partial charge < -0.3 is 9.64 Å². The molecule has 1 N–H and O–H groups in total. The molecule has 1 aromatic carbocycles. The highest BCUT2D eigenvalue weighted by Gasteiger charge is 2.28. The maximum atomic E-state index is 12.4. The van der Waals surface area contributed by atoms with Crippen LogP contribution in [0.1, 0.15) is 24.9 Å². The molecule has 0 spiro atoms. The highest BCUT2D eigenvalue weighted by molar-refractivity contribution is 7.89. The molecule has 1 heterocycles. The lowest BCUT2D eigenvalue weighted by molar-refractivity contribution is 0.188. The summed E-state index contributed by atoms with van der Waals surface area (Å²) in [6.45, 7) is 3.13. The van der Waals surface area contributed by atoms with Gasteiger partial charge in [0.25, 0.3) is 0 Å². The molecule has 0 radical (unpaired) electrons. The number of hydrogen-bond acceptors (Lipinski definition) is 4. The van der Waals surface area contributed by atoms with E-state index >= 15 is 0 Å². The normalized spacial score (nSPS) is 21.9. The van der Waals surface area contributed by atoms with Crippen LogP contribution in [-0.2, 0) is 14.8 Å². The number of likely N-dealkylation sites (N-methyl/N-ethyl adjacent to an activating group) is 1. The standard InChI is InChI=1S/C16H26N2O3S/c1-13(16(18(2)3)15-7-5-4-6-8-15)17-22(19,20)12-14-9-10-21-11-14/h4-8,13-14,16-17H,9-12H2,1-3H3/t13-,14-,16+/m0/s1. The van der Waals surface area contributed by atoms with Crippen molar-refractivity contribution in [2.75, 3.05) is 33.1 Å². The van der Waals surface area contributed by atoms with Crippen molar-refractivity contribution in [3.63, 3.8) is 0 Å². The van der Waals surface area contributed by atoms with E-state index in [9.17, 15) is 8.42 Å². The highest BCUT2D eigenvalue weighted by Crippen LogP contribution is 2.23. The Morgan fingerprint density at radius 2 is 2.00 bits per heavy atom. The molecule has 1 aromatic rings. The third-order valence-electron chi connectivity index (χ3n) is 4.02. The third-order valence-corrected chi connectivity index (χ3v) is 5.66. The molecule has 1 fully saturated rings. The van der Waals surface area contributed by atoms with Crippen LogP contribution in [0.5, 0.6) is 0 Å². The van der Waals surface area contributed by atoms with Gasteiger partial charge in [-0.05, 0) is 38.9 Å². The third kappa shape index (κ3) is 4.78. The summed E-state index contributed by atoms with van der Waals surface area (Å²) in [5, 5.41) is 0. The fourth-order valence-electron chi connectivity index (χ4n) is 3.11. The number of sulfonamides is 1. The van der Waals surface area contributed by atoms with Crippen LogP contribution in [0.15, 0.2) is 30.3 Å². The van der Waals surface area contributed by atoms with Gasteiger partial charge >= 0.3 is 0 Å². The molecule has 0 amide bonds. The first-order valence-electron chi connectivity index (χ1n) is 7.68. The number of benzene rings is 1. The molecule has 3 atom stereocenters. The minimum Gasteiger partial charge on any atom is -0.381 e. The second-order valence-electron chi connectivity index (χ2n) is 6.24. The minimum atomic E-state index is -3.31. The van der Waals surface area contributed by atoms with E-state index in [4.69, 9.17) is 4.74 Å². The van der Waals surface area contributed by atoms with Gasteiger partial charge in [-0.25, -0.2) is 13.1 Å². The van der Waals surface area contributed by atoms with Crippen molar-refractivity contribution in [2.24, 2.45) is 5.92 Å². The smallest absolute Gasteiger partial charge is 0.212 e. The summed E-state index contributed by atoms with van der Waals surface area (Å²) in [4.78, 5) is 2.04. The second-order valence-corrected chi connectivity index (χ2v) is 8.04. The minimum absolute atomic E-state index is 0.00389. The average Bonchev–Trinajstić information content (AvgIpc) is 2.90. The van der Waals surface area contributed by atoms with Gasteiger partial charge in [0.2, 0.25) is 10.0 Å². The molecule has 5 nitrogen and oxygen atoms in total. The molecular weight excluding hydrogens is 300 g/mol. The summed E-state index contributed by atoms with van der Waals surface area (Å²) >= 11 is 0. The number of rotatable bonds is 7. The lowest BCUT2D eigenvalue weighted by Crippen LogP contribution is -2.44. The first-order chi connectivity index (χ1) is 10.4. The van der Waals surface area contributed by atoms with Gasteiger partial charge in [0.15, 0.2) is 0 Å². The highest BCUT2D eigenvalue weighted by atomic mass is 32.2. The van der Waals surface area contributed by atoms with Crippen molar-refractivity contribution < 1.29 is 13.2 Å². The topological polar surface area (TPSA) is 58.6 Å². The van der Waals surface area contributed by atoms with Crippen LogP contribution in [0.4, 0.5) is 0 Å². The van der Waals surface area contributed by atoms with E-state index in [0.29, 0.717) is 13.2 Å². The van der Waals surface area contributed by atoms with Gasteiger partial charge in [0.1, 0.15) is 0 Å². The fraction of sp³-hybridized carbons (Fsp3) is 0.625. The number of ether oxygens (including phenoxy) is 1. The average molecular weight is 326 g/mol. The van der Waals surface area contributed by atoms with Crippen molar-refractivity contribution in [3.8, 4) is 0 Å². The van der Waals surface area contributed by atoms with E-state index in [1.807, 2.05) is 56.3 Å². The summed E-state index contributed by atoms with van der Waals surface area (Å²) in [5.41, 5.74) is 1.10. The predicted molar refractivity (Wildman–Crippen MR) is 88.2 cm³/mol. The molecule has 0 bridgehead atoms. The molecule has 0 aromatic heterocycles. The van der Waals surface area contributed by atoms with Crippen LogP contribution < -0.4 is 4.72 Å². The molecule has 1 aliphatic heterocycles. The van der Waals surface area contributed by atoms with E-state index < -0.39 is 10.0 Å². The lowest BCUT2D eigenvalue weighted by atomic mass is 10.0. The van der Waals surface area contributed by atoms with Crippen LogP contribution in [-0.4, -0.2) is 52.4 Å². The van der Waals surface area contributed by atoms with E-state index in [-0.39, 0.29) is 23.8 Å². The Bertz CT molecular complexity index is 554. The molecule has 1 saturated heterocycles. The van der Waals surface area contributed by atoms with Crippen molar-refractivity contribution in [1.29, 1.82) is 0 Å². The zero-order valence-corrected chi connectivity index (χ0v) is 14.3. The van der Waals surface area contributed by atoms with Gasteiger partial charge in [-0.15, -0.1) is 0 Å². The number of nitrogens with one attached hydrogen (secondary N) is 1. The second kappa shape index (κ2) is 7.55. The Morgan fingerprint density at radius 1 is 1.32 bits per heavy atom. The summed E-state index contributed by atoms with van der Waals surface area (Å²) in [6, 6.07) is 9.76. The molecule has 6 heteroatoms.